The summed E-state index contributed by atoms with van der Waals surface area (Å²) in [6, 6.07) is 10.4. The van der Waals surface area contributed by atoms with Crippen molar-refractivity contribution in [1.82, 2.24) is 10.2 Å². The van der Waals surface area contributed by atoms with Crippen LogP contribution >= 0.6 is 11.6 Å². The smallest absolute Gasteiger partial charge is 0.151 e. The number of benzene rings is 1. The summed E-state index contributed by atoms with van der Waals surface area (Å²) < 4.78 is 10.6. The summed E-state index contributed by atoms with van der Waals surface area (Å²) in [6.07, 6.45) is 0. The van der Waals surface area contributed by atoms with Gasteiger partial charge in [0.2, 0.25) is 0 Å². The Kier molecular flexibility index (Phi) is 4.16. The molecule has 0 bridgehead atoms. The molecule has 0 radical (unpaired) electrons. The topological polar surface area (TPSA) is 68.0 Å². The number of aromatic nitrogens is 2. The van der Waals surface area contributed by atoms with E-state index in [2.05, 4.69) is 10.2 Å². The van der Waals surface area contributed by atoms with Crippen LogP contribution in [0.4, 0.5) is 0 Å². The van der Waals surface area contributed by atoms with Gasteiger partial charge in [-0.1, -0.05) is 11.6 Å². The quantitative estimate of drug-likeness (QED) is 0.858. The van der Waals surface area contributed by atoms with Gasteiger partial charge in [-0.2, -0.15) is 10.4 Å². The van der Waals surface area contributed by atoms with Crippen LogP contribution in [0.3, 0.4) is 0 Å². The van der Waals surface area contributed by atoms with Gasteiger partial charge in [0.15, 0.2) is 5.15 Å². The third-order valence-corrected chi connectivity index (χ3v) is 2.52. The van der Waals surface area contributed by atoms with Crippen LogP contribution in [0.25, 0.3) is 0 Å². The van der Waals surface area contributed by atoms with Crippen molar-refractivity contribution in [3.05, 3.63) is 46.7 Å². The lowest BCUT2D eigenvalue weighted by atomic mass is 10.2. The molecule has 0 N–H and O–H groups in total. The summed E-state index contributed by atoms with van der Waals surface area (Å²) in [4.78, 5) is 0. The zero-order valence-electron chi connectivity index (χ0n) is 10.1. The highest BCUT2D eigenvalue weighted by Gasteiger charge is 2.03. The number of nitrogens with zero attached hydrogens (tertiary/aromatic N) is 3. The van der Waals surface area contributed by atoms with Crippen LogP contribution in [0, 0.1) is 11.3 Å². The van der Waals surface area contributed by atoms with Crippen molar-refractivity contribution in [3.8, 4) is 17.6 Å². The van der Waals surface area contributed by atoms with E-state index >= 15 is 0 Å². The van der Waals surface area contributed by atoms with Crippen LogP contribution in [0.5, 0.6) is 11.5 Å². The Morgan fingerprint density at radius 1 is 1.21 bits per heavy atom. The second-order valence-electron chi connectivity index (χ2n) is 3.65. The lowest BCUT2D eigenvalue weighted by Gasteiger charge is -2.07. The molecule has 2 rings (SSSR count). The predicted molar refractivity (Wildman–Crippen MR) is 69.1 cm³/mol. The number of hydrogen-bond acceptors (Lipinski definition) is 5. The minimum atomic E-state index is 0.238. The number of methoxy groups -OCH3 is 1. The first kappa shape index (κ1) is 13.1. The summed E-state index contributed by atoms with van der Waals surface area (Å²) in [5.41, 5.74) is 1.11. The van der Waals surface area contributed by atoms with E-state index in [4.69, 9.17) is 26.3 Å². The second kappa shape index (κ2) is 6.03. The monoisotopic (exact) mass is 275 g/mol. The van der Waals surface area contributed by atoms with E-state index in [1.165, 1.54) is 7.11 Å². The van der Waals surface area contributed by atoms with Gasteiger partial charge in [0.25, 0.3) is 0 Å². The van der Waals surface area contributed by atoms with Crippen LogP contribution in [0.15, 0.2) is 30.3 Å². The summed E-state index contributed by atoms with van der Waals surface area (Å²) in [5.74, 6) is 1.10. The summed E-state index contributed by atoms with van der Waals surface area (Å²) in [6.45, 7) is 0.238. The van der Waals surface area contributed by atoms with Crippen molar-refractivity contribution >= 4 is 11.6 Å². The van der Waals surface area contributed by atoms with Gasteiger partial charge in [0.1, 0.15) is 23.8 Å². The molecule has 0 atom stereocenters. The minimum absolute atomic E-state index is 0.238. The highest BCUT2D eigenvalue weighted by Crippen LogP contribution is 2.23. The maximum atomic E-state index is 8.90. The van der Waals surface area contributed by atoms with Gasteiger partial charge in [-0.15, -0.1) is 5.10 Å². The first-order chi connectivity index (χ1) is 9.21. The number of nitriles is 1. The summed E-state index contributed by atoms with van der Waals surface area (Å²) >= 11 is 5.64. The molecule has 1 aromatic heterocycles. The summed E-state index contributed by atoms with van der Waals surface area (Å²) in [5, 5.41) is 16.8. The van der Waals surface area contributed by atoms with E-state index in [0.29, 0.717) is 27.9 Å². The van der Waals surface area contributed by atoms with Crippen molar-refractivity contribution in [2.24, 2.45) is 0 Å². The van der Waals surface area contributed by atoms with E-state index < -0.39 is 0 Å². The SMILES string of the molecule is COc1cc(C#N)cc(OCc2ccc(Cl)nn2)c1. The Balaban J connectivity index is 2.11. The lowest BCUT2D eigenvalue weighted by molar-refractivity contribution is 0.297. The van der Waals surface area contributed by atoms with Crippen molar-refractivity contribution < 1.29 is 9.47 Å². The van der Waals surface area contributed by atoms with Crippen LogP contribution in [0.1, 0.15) is 11.3 Å². The number of hydrogen-bond donors (Lipinski definition) is 0. The van der Waals surface area contributed by atoms with Crippen LogP contribution < -0.4 is 9.47 Å². The van der Waals surface area contributed by atoms with Gasteiger partial charge in [-0.05, 0) is 24.3 Å². The Morgan fingerprint density at radius 3 is 2.63 bits per heavy atom. The lowest BCUT2D eigenvalue weighted by Crippen LogP contribution is -2.00. The fraction of sp³-hybridized carbons (Fsp3) is 0.154. The van der Waals surface area contributed by atoms with E-state index in [0.717, 1.165) is 0 Å². The largest absolute Gasteiger partial charge is 0.497 e. The Hall–Kier alpha value is -2.32. The molecule has 0 saturated carbocycles. The van der Waals surface area contributed by atoms with Crippen LogP contribution in [-0.2, 0) is 6.61 Å². The van der Waals surface area contributed by atoms with E-state index in [1.54, 1.807) is 30.3 Å². The summed E-state index contributed by atoms with van der Waals surface area (Å²) in [7, 11) is 1.53. The molecular formula is C13H10ClN3O2. The average molecular weight is 276 g/mol. The maximum absolute atomic E-state index is 8.90. The fourth-order valence-electron chi connectivity index (χ4n) is 1.42. The second-order valence-corrected chi connectivity index (χ2v) is 4.03. The molecule has 0 unspecified atom stereocenters. The van der Waals surface area contributed by atoms with Crippen LogP contribution in [-0.4, -0.2) is 17.3 Å². The Labute approximate surface area is 115 Å². The van der Waals surface area contributed by atoms with E-state index in [1.807, 2.05) is 6.07 Å². The van der Waals surface area contributed by atoms with Crippen molar-refractivity contribution in [1.29, 1.82) is 5.26 Å². The highest BCUT2D eigenvalue weighted by atomic mass is 35.5. The zero-order chi connectivity index (χ0) is 13.7. The third kappa shape index (κ3) is 3.57. The molecule has 19 heavy (non-hydrogen) atoms. The first-order valence-corrected chi connectivity index (χ1v) is 5.79. The molecule has 96 valence electrons. The molecule has 0 spiro atoms. The normalized spacial score (nSPS) is 9.74. The molecule has 0 aliphatic rings. The van der Waals surface area contributed by atoms with Crippen molar-refractivity contribution in [2.45, 2.75) is 6.61 Å². The van der Waals surface area contributed by atoms with Gasteiger partial charge in [0, 0.05) is 6.07 Å². The predicted octanol–water partition coefficient (Wildman–Crippen LogP) is 2.59. The molecule has 0 aliphatic carbocycles. The van der Waals surface area contributed by atoms with E-state index in [-0.39, 0.29) is 6.61 Å². The molecule has 0 fully saturated rings. The first-order valence-electron chi connectivity index (χ1n) is 5.41. The van der Waals surface area contributed by atoms with Gasteiger partial charge < -0.3 is 9.47 Å². The molecule has 6 heteroatoms. The zero-order valence-corrected chi connectivity index (χ0v) is 10.9. The minimum Gasteiger partial charge on any atom is -0.497 e. The average Bonchev–Trinajstić information content (AvgIpc) is 2.46. The highest BCUT2D eigenvalue weighted by molar-refractivity contribution is 6.29. The van der Waals surface area contributed by atoms with Gasteiger partial charge >= 0.3 is 0 Å². The molecule has 2 aromatic rings. The standard InChI is InChI=1S/C13H10ClN3O2/c1-18-11-4-9(7-15)5-12(6-11)19-8-10-2-3-13(14)17-16-10/h2-6H,8H2,1H3. The fourth-order valence-corrected chi connectivity index (χ4v) is 1.52. The molecule has 1 heterocycles. The maximum Gasteiger partial charge on any atom is 0.151 e. The Morgan fingerprint density at radius 2 is 2.00 bits per heavy atom. The van der Waals surface area contributed by atoms with Crippen molar-refractivity contribution in [2.75, 3.05) is 7.11 Å². The molecule has 0 amide bonds. The third-order valence-electron chi connectivity index (χ3n) is 2.32. The molecule has 0 saturated heterocycles. The molecular weight excluding hydrogens is 266 g/mol. The number of rotatable bonds is 4. The van der Waals surface area contributed by atoms with Gasteiger partial charge in [0.05, 0.1) is 18.7 Å². The molecule has 5 nitrogen and oxygen atoms in total. The number of ether oxygens (including phenoxy) is 2. The van der Waals surface area contributed by atoms with E-state index in [9.17, 15) is 0 Å². The van der Waals surface area contributed by atoms with Crippen molar-refractivity contribution in [3.63, 3.8) is 0 Å². The van der Waals surface area contributed by atoms with Crippen LogP contribution in [0.2, 0.25) is 5.15 Å². The van der Waals surface area contributed by atoms with Gasteiger partial charge in [-0.3, -0.25) is 0 Å². The molecule has 1 aromatic carbocycles. The number of halogens is 1. The molecule has 0 aliphatic heterocycles. The van der Waals surface area contributed by atoms with Gasteiger partial charge in [-0.25, -0.2) is 0 Å². The Bertz CT molecular complexity index is 608.